The van der Waals surface area contributed by atoms with Gasteiger partial charge in [-0.1, -0.05) is 6.92 Å². The molecular weight excluding hydrogens is 374 g/mol. The lowest BCUT2D eigenvalue weighted by Gasteiger charge is -2.44. The van der Waals surface area contributed by atoms with Crippen LogP contribution in [-0.2, 0) is 0 Å². The number of hydrogen-bond acceptors (Lipinski definition) is 5. The second kappa shape index (κ2) is 8.02. The highest BCUT2D eigenvalue weighted by molar-refractivity contribution is 5.76. The van der Waals surface area contributed by atoms with E-state index in [2.05, 4.69) is 44.1 Å². The summed E-state index contributed by atoms with van der Waals surface area (Å²) in [4.78, 5) is 18.4. The summed E-state index contributed by atoms with van der Waals surface area (Å²) >= 11 is 0. The van der Waals surface area contributed by atoms with E-state index in [-0.39, 0.29) is 16.8 Å². The van der Waals surface area contributed by atoms with Crippen LogP contribution in [0.4, 0.5) is 14.7 Å². The number of imidazole rings is 1. The first-order valence-corrected chi connectivity index (χ1v) is 9.99. The van der Waals surface area contributed by atoms with Crippen LogP contribution in [0.2, 0.25) is 0 Å². The van der Waals surface area contributed by atoms with Crippen LogP contribution in [0.15, 0.2) is 30.6 Å². The van der Waals surface area contributed by atoms with E-state index in [1.54, 1.807) is 24.5 Å². The highest BCUT2D eigenvalue weighted by Gasteiger charge is 2.40. The first kappa shape index (κ1) is 19.7. The highest BCUT2D eigenvalue weighted by Crippen LogP contribution is 2.45. The van der Waals surface area contributed by atoms with Gasteiger partial charge < -0.3 is 15.2 Å². The van der Waals surface area contributed by atoms with Gasteiger partial charge in [-0.15, -0.1) is 0 Å². The maximum absolute atomic E-state index is 14.2. The van der Waals surface area contributed by atoms with Gasteiger partial charge in [0, 0.05) is 31.4 Å². The molecule has 2 unspecified atom stereocenters. The van der Waals surface area contributed by atoms with Crippen molar-refractivity contribution in [3.05, 3.63) is 48.1 Å². The van der Waals surface area contributed by atoms with E-state index < -0.39 is 11.6 Å². The number of anilines is 1. The number of H-pyrrole nitrogens is 1. The van der Waals surface area contributed by atoms with E-state index in [9.17, 15) is 8.78 Å². The van der Waals surface area contributed by atoms with E-state index in [1.807, 2.05) is 0 Å². The molecule has 0 amide bonds. The molecule has 1 fully saturated rings. The predicted molar refractivity (Wildman–Crippen MR) is 109 cm³/mol. The number of rotatable bonds is 6. The molecule has 0 radical (unpaired) electrons. The normalized spacial score (nSPS) is 22.8. The maximum Gasteiger partial charge on any atom is 0.222 e. The Hall–Kier alpha value is -2.61. The zero-order valence-corrected chi connectivity index (χ0v) is 16.8. The van der Waals surface area contributed by atoms with Gasteiger partial charge in [0.15, 0.2) is 11.6 Å². The number of likely N-dealkylation sites (tertiary alicyclic amines) is 1. The predicted octanol–water partition coefficient (Wildman–Crippen LogP) is 3.95. The van der Waals surface area contributed by atoms with Crippen LogP contribution in [-0.4, -0.2) is 51.5 Å². The number of hydrogen-bond donors (Lipinski definition) is 2. The van der Waals surface area contributed by atoms with Crippen molar-refractivity contribution < 1.29 is 8.78 Å². The quantitative estimate of drug-likeness (QED) is 0.613. The summed E-state index contributed by atoms with van der Waals surface area (Å²) < 4.78 is 27.8. The average Bonchev–Trinajstić information content (AvgIpc) is 3.16. The highest BCUT2D eigenvalue weighted by atomic mass is 19.2. The summed E-state index contributed by atoms with van der Waals surface area (Å²) in [6.07, 6.45) is 6.39. The Bertz CT molecular complexity index is 976. The zero-order chi connectivity index (χ0) is 20.4. The molecule has 2 N–H and O–H groups in total. The zero-order valence-electron chi connectivity index (χ0n) is 16.8. The second-order valence-electron chi connectivity index (χ2n) is 8.20. The lowest BCUT2D eigenvalue weighted by Crippen LogP contribution is -2.43. The molecule has 1 saturated heterocycles. The third kappa shape index (κ3) is 4.07. The minimum Gasteiger partial charge on any atom is -0.354 e. The third-order valence-electron chi connectivity index (χ3n) is 6.07. The van der Waals surface area contributed by atoms with Crippen molar-refractivity contribution in [2.75, 3.05) is 32.0 Å². The molecule has 0 bridgehead atoms. The lowest BCUT2D eigenvalue weighted by molar-refractivity contribution is 0.0929. The van der Waals surface area contributed by atoms with E-state index >= 15 is 0 Å². The smallest absolute Gasteiger partial charge is 0.222 e. The molecule has 0 spiro atoms. The summed E-state index contributed by atoms with van der Waals surface area (Å²) in [5, 5.41) is 3.25. The molecule has 4 rings (SSSR count). The summed E-state index contributed by atoms with van der Waals surface area (Å²) in [6.45, 7) is 4.89. The van der Waals surface area contributed by atoms with Crippen molar-refractivity contribution in [1.29, 1.82) is 0 Å². The number of halogens is 2. The Kier molecular flexibility index (Phi) is 5.45. The minimum atomic E-state index is -0.886. The number of aromatic amines is 1. The minimum absolute atomic E-state index is 0.00856. The Morgan fingerprint density at radius 3 is 2.86 bits per heavy atom. The molecule has 0 saturated carbocycles. The summed E-state index contributed by atoms with van der Waals surface area (Å²) in [5.41, 5.74) is 0.630. The second-order valence-corrected chi connectivity index (χ2v) is 8.20. The number of nitrogens with zero attached hydrogens (tertiary/aromatic N) is 4. The Balaban J connectivity index is 1.51. The third-order valence-corrected chi connectivity index (χ3v) is 6.07. The van der Waals surface area contributed by atoms with Gasteiger partial charge >= 0.3 is 0 Å². The summed E-state index contributed by atoms with van der Waals surface area (Å²) in [7, 11) is 2.09. The Labute approximate surface area is 168 Å². The summed E-state index contributed by atoms with van der Waals surface area (Å²) in [6, 6.07) is 4.48. The molecule has 8 heteroatoms. The van der Waals surface area contributed by atoms with Crippen molar-refractivity contribution in [2.24, 2.45) is 5.41 Å². The molecule has 2 atom stereocenters. The van der Waals surface area contributed by atoms with Crippen LogP contribution < -0.4 is 5.32 Å². The van der Waals surface area contributed by atoms with Crippen molar-refractivity contribution in [3.63, 3.8) is 0 Å². The molecule has 2 aromatic heterocycles. The molecule has 154 valence electrons. The largest absolute Gasteiger partial charge is 0.354 e. The fourth-order valence-electron chi connectivity index (χ4n) is 4.24. The first-order chi connectivity index (χ1) is 14.0. The van der Waals surface area contributed by atoms with Crippen molar-refractivity contribution in [2.45, 2.75) is 32.1 Å². The topological polar surface area (TPSA) is 69.7 Å². The Morgan fingerprint density at radius 1 is 1.28 bits per heavy atom. The molecule has 6 nitrogen and oxygen atoms in total. The van der Waals surface area contributed by atoms with Gasteiger partial charge in [-0.2, -0.15) is 0 Å². The van der Waals surface area contributed by atoms with Gasteiger partial charge in [0.2, 0.25) is 5.95 Å². The van der Waals surface area contributed by atoms with E-state index in [4.69, 9.17) is 0 Å². The monoisotopic (exact) mass is 400 g/mol. The van der Waals surface area contributed by atoms with Crippen molar-refractivity contribution in [1.82, 2.24) is 24.8 Å². The Morgan fingerprint density at radius 2 is 2.07 bits per heavy atom. The first-order valence-electron chi connectivity index (χ1n) is 9.99. The van der Waals surface area contributed by atoms with Crippen LogP contribution >= 0.6 is 0 Å². The van der Waals surface area contributed by atoms with E-state index in [0.29, 0.717) is 11.5 Å². The molecular formula is C21H26F2N6. The van der Waals surface area contributed by atoms with Crippen molar-refractivity contribution in [3.8, 4) is 0 Å². The fraction of sp³-hybridized carbons (Fsp3) is 0.476. The van der Waals surface area contributed by atoms with E-state index in [0.717, 1.165) is 50.8 Å². The SMILES string of the molecule is CN1CCC(C)(CCCNc2ncccn2)C(c2nc3c(F)c(F)ccc3[nH]2)C1. The summed E-state index contributed by atoms with van der Waals surface area (Å²) in [5.74, 6) is -0.273. The fourth-order valence-corrected chi connectivity index (χ4v) is 4.24. The molecule has 1 aliphatic rings. The van der Waals surface area contributed by atoms with Gasteiger partial charge in [-0.3, -0.25) is 0 Å². The molecule has 3 aromatic rings. The van der Waals surface area contributed by atoms with Crippen LogP contribution in [0.3, 0.4) is 0 Å². The molecule has 29 heavy (non-hydrogen) atoms. The van der Waals surface area contributed by atoms with Gasteiger partial charge in [0.05, 0.1) is 5.52 Å². The number of aromatic nitrogens is 4. The molecule has 0 aliphatic carbocycles. The number of benzene rings is 1. The van der Waals surface area contributed by atoms with Crippen LogP contribution in [0.25, 0.3) is 11.0 Å². The molecule has 1 aromatic carbocycles. The standard InChI is InChI=1S/C21H26F2N6/c1-21(7-3-9-24-20-25-10-4-11-26-20)8-12-29(2)13-14(21)19-27-16-6-5-15(22)17(23)18(16)28-19/h4-6,10-11,14H,3,7-9,12-13H2,1-2H3,(H,27,28)(H,24,25,26). The van der Waals surface area contributed by atoms with E-state index in [1.165, 1.54) is 0 Å². The van der Waals surface area contributed by atoms with Gasteiger partial charge in [-0.25, -0.2) is 23.7 Å². The van der Waals surface area contributed by atoms with Crippen LogP contribution in [0, 0.1) is 17.0 Å². The maximum atomic E-state index is 14.2. The lowest BCUT2D eigenvalue weighted by atomic mass is 9.68. The van der Waals surface area contributed by atoms with Gasteiger partial charge in [0.25, 0.3) is 0 Å². The molecule has 3 heterocycles. The number of nitrogens with one attached hydrogen (secondary N) is 2. The van der Waals surface area contributed by atoms with Gasteiger partial charge in [0.1, 0.15) is 11.3 Å². The number of likely N-dealkylation sites (N-methyl/N-ethyl adjacent to an activating group) is 1. The van der Waals surface area contributed by atoms with Crippen molar-refractivity contribution >= 4 is 17.0 Å². The number of fused-ring (bicyclic) bond motifs is 1. The average molecular weight is 400 g/mol. The van der Waals surface area contributed by atoms with Crippen LogP contribution in [0.5, 0.6) is 0 Å². The van der Waals surface area contributed by atoms with Gasteiger partial charge in [-0.05, 0) is 56.5 Å². The number of piperidine rings is 1. The molecule has 1 aliphatic heterocycles. The van der Waals surface area contributed by atoms with Crippen LogP contribution in [0.1, 0.15) is 37.9 Å².